The molecule has 1 atom stereocenters. The predicted octanol–water partition coefficient (Wildman–Crippen LogP) is 2.92. The van der Waals surface area contributed by atoms with Gasteiger partial charge in [0.1, 0.15) is 10.7 Å². The van der Waals surface area contributed by atoms with Crippen molar-refractivity contribution in [2.75, 3.05) is 18.0 Å². The third kappa shape index (κ3) is 2.54. The number of esters is 1. The van der Waals surface area contributed by atoms with Gasteiger partial charge < -0.3 is 4.74 Å². The Morgan fingerprint density at radius 1 is 1.25 bits per heavy atom. The third-order valence-corrected chi connectivity index (χ3v) is 5.91. The quantitative estimate of drug-likeness (QED) is 0.799. The molecule has 0 fully saturated rings. The van der Waals surface area contributed by atoms with E-state index in [0.29, 0.717) is 5.69 Å². The second kappa shape index (κ2) is 5.90. The van der Waals surface area contributed by atoms with Crippen LogP contribution in [0.1, 0.15) is 28.8 Å². The number of halogens is 1. The van der Waals surface area contributed by atoms with E-state index in [1.807, 2.05) is 19.1 Å². The Morgan fingerprint density at radius 2 is 1.96 bits per heavy atom. The molecule has 0 bridgehead atoms. The lowest BCUT2D eigenvalue weighted by Gasteiger charge is -2.21. The second-order valence-electron chi connectivity index (χ2n) is 5.63. The first-order valence-corrected chi connectivity index (χ1v) is 8.80. The van der Waals surface area contributed by atoms with Crippen molar-refractivity contribution in [3.05, 3.63) is 59.4 Å². The van der Waals surface area contributed by atoms with Crippen LogP contribution in [0.4, 0.5) is 10.1 Å². The van der Waals surface area contributed by atoms with Gasteiger partial charge in [-0.1, -0.05) is 25.1 Å². The standard InChI is InChI=1S/C17H16FNO4S/c1-11-10-19(15-6-4-3-5-13(11)15)24(21,22)16-9-12(18)7-8-14(16)17(20)23-2/h3-9,11H,10H2,1-2H3. The lowest BCUT2D eigenvalue weighted by molar-refractivity contribution is 0.0596. The van der Waals surface area contributed by atoms with Crippen LogP contribution in [0.2, 0.25) is 0 Å². The molecule has 2 aromatic rings. The summed E-state index contributed by atoms with van der Waals surface area (Å²) in [4.78, 5) is 11.5. The first kappa shape index (κ1) is 16.4. The van der Waals surface area contributed by atoms with Crippen molar-refractivity contribution in [1.29, 1.82) is 0 Å². The van der Waals surface area contributed by atoms with Gasteiger partial charge in [-0.25, -0.2) is 17.6 Å². The normalized spacial score (nSPS) is 16.8. The van der Waals surface area contributed by atoms with Crippen molar-refractivity contribution in [3.8, 4) is 0 Å². The van der Waals surface area contributed by atoms with Gasteiger partial charge in [-0.3, -0.25) is 4.31 Å². The van der Waals surface area contributed by atoms with Crippen LogP contribution in [0.3, 0.4) is 0 Å². The maximum Gasteiger partial charge on any atom is 0.339 e. The summed E-state index contributed by atoms with van der Waals surface area (Å²) in [7, 11) is -2.95. The number of hydrogen-bond acceptors (Lipinski definition) is 4. The Hall–Kier alpha value is -2.41. The topological polar surface area (TPSA) is 63.7 Å². The Balaban J connectivity index is 2.17. The number of ether oxygens (including phenoxy) is 1. The molecule has 5 nitrogen and oxygen atoms in total. The number of fused-ring (bicyclic) bond motifs is 1. The summed E-state index contributed by atoms with van der Waals surface area (Å²) < 4.78 is 45.7. The number of para-hydroxylation sites is 1. The molecule has 0 spiro atoms. The van der Waals surface area contributed by atoms with E-state index in [4.69, 9.17) is 0 Å². The number of sulfonamides is 1. The number of methoxy groups -OCH3 is 1. The first-order valence-electron chi connectivity index (χ1n) is 7.36. The molecule has 1 aliphatic heterocycles. The number of hydrogen-bond donors (Lipinski definition) is 0. The summed E-state index contributed by atoms with van der Waals surface area (Å²) >= 11 is 0. The first-order chi connectivity index (χ1) is 11.4. The fraction of sp³-hybridized carbons (Fsp3) is 0.235. The molecule has 7 heteroatoms. The molecule has 0 saturated carbocycles. The molecule has 24 heavy (non-hydrogen) atoms. The fourth-order valence-electron chi connectivity index (χ4n) is 2.91. The van der Waals surface area contributed by atoms with Crippen LogP contribution in [0.15, 0.2) is 47.4 Å². The summed E-state index contributed by atoms with van der Waals surface area (Å²) in [5.41, 5.74) is 1.26. The molecule has 0 radical (unpaired) electrons. The summed E-state index contributed by atoms with van der Waals surface area (Å²) in [6.07, 6.45) is 0. The van der Waals surface area contributed by atoms with E-state index in [1.165, 1.54) is 4.31 Å². The van der Waals surface area contributed by atoms with Crippen LogP contribution in [0.5, 0.6) is 0 Å². The van der Waals surface area contributed by atoms with E-state index < -0.39 is 26.7 Å². The number of benzene rings is 2. The van der Waals surface area contributed by atoms with Gasteiger partial charge in [0.05, 0.1) is 18.4 Å². The number of anilines is 1. The predicted molar refractivity (Wildman–Crippen MR) is 87.1 cm³/mol. The van der Waals surface area contributed by atoms with Gasteiger partial charge in [-0.2, -0.15) is 0 Å². The maximum absolute atomic E-state index is 13.7. The highest BCUT2D eigenvalue weighted by atomic mass is 32.2. The Bertz CT molecular complexity index is 911. The van der Waals surface area contributed by atoms with Gasteiger partial charge in [0.2, 0.25) is 0 Å². The molecule has 1 heterocycles. The molecule has 0 saturated heterocycles. The molecule has 126 valence electrons. The minimum Gasteiger partial charge on any atom is -0.465 e. The Morgan fingerprint density at radius 3 is 2.67 bits per heavy atom. The molecule has 0 amide bonds. The SMILES string of the molecule is COC(=O)c1ccc(F)cc1S(=O)(=O)N1CC(C)c2ccccc21. The lowest BCUT2D eigenvalue weighted by atomic mass is 10.0. The van der Waals surface area contributed by atoms with Crippen LogP contribution in [0, 0.1) is 5.82 Å². The minimum absolute atomic E-state index is 0.00566. The molecule has 0 N–H and O–H groups in total. The van der Waals surface area contributed by atoms with Crippen molar-refractivity contribution < 1.29 is 22.3 Å². The van der Waals surface area contributed by atoms with Crippen molar-refractivity contribution in [2.24, 2.45) is 0 Å². The van der Waals surface area contributed by atoms with E-state index in [-0.39, 0.29) is 18.0 Å². The lowest BCUT2D eigenvalue weighted by Crippen LogP contribution is -2.31. The molecule has 1 aliphatic rings. The number of rotatable bonds is 3. The van der Waals surface area contributed by atoms with Crippen molar-refractivity contribution in [1.82, 2.24) is 0 Å². The van der Waals surface area contributed by atoms with Gasteiger partial charge in [-0.05, 0) is 29.8 Å². The van der Waals surface area contributed by atoms with Gasteiger partial charge in [0, 0.05) is 12.5 Å². The number of carbonyl (C=O) groups excluding carboxylic acids is 1. The molecular weight excluding hydrogens is 333 g/mol. The summed E-state index contributed by atoms with van der Waals surface area (Å²) in [6.45, 7) is 2.15. The largest absolute Gasteiger partial charge is 0.465 e. The van der Waals surface area contributed by atoms with Gasteiger partial charge >= 0.3 is 5.97 Å². The van der Waals surface area contributed by atoms with E-state index in [0.717, 1.165) is 30.9 Å². The highest BCUT2D eigenvalue weighted by Gasteiger charge is 2.36. The second-order valence-corrected chi connectivity index (χ2v) is 7.46. The minimum atomic E-state index is -4.10. The van der Waals surface area contributed by atoms with Gasteiger partial charge in [0.25, 0.3) is 10.0 Å². The monoisotopic (exact) mass is 349 g/mol. The number of carbonyl (C=O) groups is 1. The zero-order valence-corrected chi connectivity index (χ0v) is 14.0. The highest BCUT2D eigenvalue weighted by molar-refractivity contribution is 7.93. The zero-order chi connectivity index (χ0) is 17.5. The molecule has 2 aromatic carbocycles. The molecular formula is C17H16FNO4S. The van der Waals surface area contributed by atoms with Crippen LogP contribution in [-0.4, -0.2) is 28.0 Å². The Labute approximate surface area is 139 Å². The van der Waals surface area contributed by atoms with E-state index in [2.05, 4.69) is 4.74 Å². The average Bonchev–Trinajstić information content (AvgIpc) is 2.92. The fourth-order valence-corrected chi connectivity index (χ4v) is 4.68. The van der Waals surface area contributed by atoms with Gasteiger partial charge in [0.15, 0.2) is 0 Å². The van der Waals surface area contributed by atoms with Crippen LogP contribution in [0.25, 0.3) is 0 Å². The average molecular weight is 349 g/mol. The zero-order valence-electron chi connectivity index (χ0n) is 13.2. The Kier molecular flexibility index (Phi) is 4.04. The number of nitrogens with zero attached hydrogens (tertiary/aromatic N) is 1. The molecule has 3 rings (SSSR count). The van der Waals surface area contributed by atoms with Crippen LogP contribution < -0.4 is 4.31 Å². The maximum atomic E-state index is 13.7. The summed E-state index contributed by atoms with van der Waals surface area (Å²) in [5.74, 6) is -1.55. The van der Waals surface area contributed by atoms with E-state index in [9.17, 15) is 17.6 Å². The van der Waals surface area contributed by atoms with Crippen LogP contribution in [-0.2, 0) is 14.8 Å². The summed E-state index contributed by atoms with van der Waals surface area (Å²) in [5, 5.41) is 0. The van der Waals surface area contributed by atoms with Crippen molar-refractivity contribution >= 4 is 21.7 Å². The molecule has 0 aliphatic carbocycles. The van der Waals surface area contributed by atoms with Gasteiger partial charge in [-0.15, -0.1) is 0 Å². The smallest absolute Gasteiger partial charge is 0.339 e. The van der Waals surface area contributed by atoms with Crippen molar-refractivity contribution in [2.45, 2.75) is 17.7 Å². The molecule has 1 unspecified atom stereocenters. The highest BCUT2D eigenvalue weighted by Crippen LogP contribution is 2.39. The third-order valence-electron chi connectivity index (χ3n) is 4.09. The molecule has 0 aromatic heterocycles. The summed E-state index contributed by atoms with van der Waals surface area (Å²) in [6, 6.07) is 10.2. The van der Waals surface area contributed by atoms with Crippen LogP contribution >= 0.6 is 0 Å². The van der Waals surface area contributed by atoms with Crippen molar-refractivity contribution in [3.63, 3.8) is 0 Å². The van der Waals surface area contributed by atoms with E-state index in [1.54, 1.807) is 12.1 Å². The van der Waals surface area contributed by atoms with E-state index >= 15 is 0 Å².